The Balaban J connectivity index is 1.88. The van der Waals surface area contributed by atoms with Gasteiger partial charge in [0.2, 0.25) is 15.9 Å². The lowest BCUT2D eigenvalue weighted by molar-refractivity contribution is -0.121. The van der Waals surface area contributed by atoms with Gasteiger partial charge in [0.25, 0.3) is 0 Å². The van der Waals surface area contributed by atoms with Crippen molar-refractivity contribution < 1.29 is 17.6 Å². The number of amides is 1. The van der Waals surface area contributed by atoms with Crippen molar-refractivity contribution in [2.24, 2.45) is 0 Å². The quantitative estimate of drug-likeness (QED) is 0.793. The molecule has 5 nitrogen and oxygen atoms in total. The summed E-state index contributed by atoms with van der Waals surface area (Å²) < 4.78 is 38.5. The van der Waals surface area contributed by atoms with Gasteiger partial charge in [-0.15, -0.1) is 0 Å². The number of hydrogen-bond donors (Lipinski definition) is 2. The van der Waals surface area contributed by atoms with Crippen molar-refractivity contribution in [2.75, 3.05) is 7.05 Å². The van der Waals surface area contributed by atoms with E-state index in [9.17, 15) is 17.6 Å². The molecule has 0 fully saturated rings. The van der Waals surface area contributed by atoms with Crippen molar-refractivity contribution in [3.05, 3.63) is 65.5 Å². The van der Waals surface area contributed by atoms with Crippen LogP contribution in [-0.4, -0.2) is 21.4 Å². The highest BCUT2D eigenvalue weighted by molar-refractivity contribution is 7.89. The predicted octanol–water partition coefficient (Wildman–Crippen LogP) is 2.54. The topological polar surface area (TPSA) is 75.3 Å². The van der Waals surface area contributed by atoms with E-state index in [2.05, 4.69) is 10.0 Å². The predicted molar refractivity (Wildman–Crippen MR) is 94.0 cm³/mol. The van der Waals surface area contributed by atoms with Crippen molar-refractivity contribution in [2.45, 2.75) is 30.7 Å². The summed E-state index contributed by atoms with van der Waals surface area (Å²) in [7, 11) is -2.11. The third-order valence-corrected chi connectivity index (χ3v) is 5.35. The van der Waals surface area contributed by atoms with Crippen LogP contribution in [0.5, 0.6) is 0 Å². The molecule has 0 saturated carbocycles. The second-order valence-corrected chi connectivity index (χ2v) is 7.67. The standard InChI is InChI=1S/C18H21FN2O3S/c1-13(15-5-7-16(19)8-6-15)11-18(22)21-12-14-3-9-17(10-4-14)25(23,24)20-2/h3-10,13,20H,11-12H2,1-2H3,(H,21,22). The molecule has 0 aliphatic rings. The molecule has 0 aromatic heterocycles. The van der Waals surface area contributed by atoms with E-state index >= 15 is 0 Å². The Bertz CT molecular complexity index is 818. The first kappa shape index (κ1) is 19.1. The van der Waals surface area contributed by atoms with Crippen LogP contribution < -0.4 is 10.0 Å². The normalized spacial score (nSPS) is 12.6. The summed E-state index contributed by atoms with van der Waals surface area (Å²) in [6.45, 7) is 2.22. The first-order valence-corrected chi connectivity index (χ1v) is 9.35. The van der Waals surface area contributed by atoms with Gasteiger partial charge >= 0.3 is 0 Å². The number of nitrogens with one attached hydrogen (secondary N) is 2. The molecule has 0 spiro atoms. The van der Waals surface area contributed by atoms with Crippen LogP contribution >= 0.6 is 0 Å². The Kier molecular flexibility index (Phi) is 6.27. The molecular formula is C18H21FN2O3S. The minimum atomic E-state index is -3.46. The van der Waals surface area contributed by atoms with Crippen molar-refractivity contribution in [3.63, 3.8) is 0 Å². The highest BCUT2D eigenvalue weighted by atomic mass is 32.2. The minimum Gasteiger partial charge on any atom is -0.352 e. The molecule has 7 heteroatoms. The maximum atomic E-state index is 12.9. The summed E-state index contributed by atoms with van der Waals surface area (Å²) in [5.41, 5.74) is 1.70. The molecule has 2 aromatic rings. The van der Waals surface area contributed by atoms with Crippen LogP contribution in [0.25, 0.3) is 0 Å². The van der Waals surface area contributed by atoms with Crippen molar-refractivity contribution >= 4 is 15.9 Å². The average Bonchev–Trinajstić information content (AvgIpc) is 2.61. The summed E-state index contributed by atoms with van der Waals surface area (Å²) in [5.74, 6) is -0.448. The molecule has 134 valence electrons. The fourth-order valence-corrected chi connectivity index (χ4v) is 3.09. The van der Waals surface area contributed by atoms with Gasteiger partial charge in [0.05, 0.1) is 4.90 Å². The summed E-state index contributed by atoms with van der Waals surface area (Å²) in [5, 5.41) is 2.81. The Morgan fingerprint density at radius 3 is 2.24 bits per heavy atom. The van der Waals surface area contributed by atoms with Gasteiger partial charge in [0.1, 0.15) is 5.82 Å². The van der Waals surface area contributed by atoms with Gasteiger partial charge in [-0.3, -0.25) is 4.79 Å². The van der Waals surface area contributed by atoms with Crippen LogP contribution in [0.2, 0.25) is 0 Å². The summed E-state index contributed by atoms with van der Waals surface area (Å²) in [4.78, 5) is 12.2. The fourth-order valence-electron chi connectivity index (χ4n) is 2.36. The lowest BCUT2D eigenvalue weighted by Crippen LogP contribution is -2.24. The van der Waals surface area contributed by atoms with Crippen LogP contribution in [-0.2, 0) is 21.4 Å². The lowest BCUT2D eigenvalue weighted by atomic mass is 9.97. The third kappa shape index (κ3) is 5.37. The van der Waals surface area contributed by atoms with E-state index in [0.717, 1.165) is 11.1 Å². The first-order valence-electron chi connectivity index (χ1n) is 7.86. The molecule has 2 aromatic carbocycles. The van der Waals surface area contributed by atoms with Gasteiger partial charge in [-0.05, 0) is 48.4 Å². The Morgan fingerprint density at radius 2 is 1.68 bits per heavy atom. The molecule has 2 rings (SSSR count). The smallest absolute Gasteiger partial charge is 0.240 e. The van der Waals surface area contributed by atoms with Gasteiger partial charge in [0.15, 0.2) is 0 Å². The summed E-state index contributed by atoms with van der Waals surface area (Å²) in [6, 6.07) is 12.4. The Labute approximate surface area is 147 Å². The van der Waals surface area contributed by atoms with E-state index in [1.165, 1.54) is 31.3 Å². The lowest BCUT2D eigenvalue weighted by Gasteiger charge is -2.12. The minimum absolute atomic E-state index is 0.0243. The van der Waals surface area contributed by atoms with E-state index in [0.29, 0.717) is 6.54 Å². The number of benzene rings is 2. The molecule has 0 bridgehead atoms. The van der Waals surface area contributed by atoms with Gasteiger partial charge < -0.3 is 5.32 Å². The summed E-state index contributed by atoms with van der Waals surface area (Å²) >= 11 is 0. The van der Waals surface area contributed by atoms with Crippen molar-refractivity contribution in [3.8, 4) is 0 Å². The van der Waals surface area contributed by atoms with Crippen LogP contribution in [0, 0.1) is 5.82 Å². The van der Waals surface area contributed by atoms with E-state index < -0.39 is 10.0 Å². The molecule has 0 aliphatic heterocycles. The number of halogens is 1. The van der Waals surface area contributed by atoms with E-state index in [1.807, 2.05) is 6.92 Å². The number of rotatable bonds is 7. The molecule has 2 N–H and O–H groups in total. The molecule has 1 unspecified atom stereocenters. The van der Waals surface area contributed by atoms with Crippen molar-refractivity contribution in [1.29, 1.82) is 0 Å². The number of carbonyl (C=O) groups is 1. The van der Waals surface area contributed by atoms with Gasteiger partial charge in [-0.1, -0.05) is 31.2 Å². The second-order valence-electron chi connectivity index (χ2n) is 5.78. The highest BCUT2D eigenvalue weighted by Gasteiger charge is 2.12. The zero-order chi connectivity index (χ0) is 18.4. The van der Waals surface area contributed by atoms with Crippen LogP contribution in [0.3, 0.4) is 0 Å². The molecule has 0 radical (unpaired) electrons. The van der Waals surface area contributed by atoms with Crippen LogP contribution in [0.15, 0.2) is 53.4 Å². The number of sulfonamides is 1. The van der Waals surface area contributed by atoms with Gasteiger partial charge in [0, 0.05) is 13.0 Å². The Hall–Kier alpha value is -2.25. The monoisotopic (exact) mass is 364 g/mol. The maximum Gasteiger partial charge on any atom is 0.240 e. The second kappa shape index (κ2) is 8.22. The highest BCUT2D eigenvalue weighted by Crippen LogP contribution is 2.19. The van der Waals surface area contributed by atoms with E-state index in [1.54, 1.807) is 24.3 Å². The zero-order valence-corrected chi connectivity index (χ0v) is 14.9. The number of carbonyl (C=O) groups excluding carboxylic acids is 1. The fraction of sp³-hybridized carbons (Fsp3) is 0.278. The van der Waals surface area contributed by atoms with Crippen LogP contribution in [0.4, 0.5) is 4.39 Å². The van der Waals surface area contributed by atoms with Crippen LogP contribution in [0.1, 0.15) is 30.4 Å². The van der Waals surface area contributed by atoms with Gasteiger partial charge in [-0.2, -0.15) is 0 Å². The average molecular weight is 364 g/mol. The Morgan fingerprint density at radius 1 is 1.08 bits per heavy atom. The molecular weight excluding hydrogens is 343 g/mol. The largest absolute Gasteiger partial charge is 0.352 e. The van der Waals surface area contributed by atoms with Gasteiger partial charge in [-0.25, -0.2) is 17.5 Å². The summed E-state index contributed by atoms with van der Waals surface area (Å²) in [6.07, 6.45) is 0.290. The van der Waals surface area contributed by atoms with E-state index in [-0.39, 0.29) is 29.0 Å². The maximum absolute atomic E-state index is 12.9. The molecule has 0 saturated heterocycles. The zero-order valence-electron chi connectivity index (χ0n) is 14.1. The number of hydrogen-bond acceptors (Lipinski definition) is 3. The van der Waals surface area contributed by atoms with Crippen molar-refractivity contribution in [1.82, 2.24) is 10.0 Å². The molecule has 25 heavy (non-hydrogen) atoms. The SMILES string of the molecule is CNS(=O)(=O)c1ccc(CNC(=O)CC(C)c2ccc(F)cc2)cc1. The molecule has 1 amide bonds. The molecule has 1 atom stereocenters. The molecule has 0 aliphatic carbocycles. The third-order valence-electron chi connectivity index (χ3n) is 3.92. The molecule has 0 heterocycles. The van der Waals surface area contributed by atoms with E-state index in [4.69, 9.17) is 0 Å². The first-order chi connectivity index (χ1) is 11.8.